The van der Waals surface area contributed by atoms with Gasteiger partial charge in [0.15, 0.2) is 0 Å². The summed E-state index contributed by atoms with van der Waals surface area (Å²) >= 11 is 7.36. The molecule has 0 unspecified atom stereocenters. The molecule has 1 atom stereocenters. The number of hydrogen-bond donors (Lipinski definition) is 0. The minimum atomic E-state index is -0.461. The molecule has 21 heavy (non-hydrogen) atoms. The summed E-state index contributed by atoms with van der Waals surface area (Å²) in [4.78, 5) is 22.0. The first-order chi connectivity index (χ1) is 9.85. The maximum Gasteiger partial charge on any atom is 0.410 e. The van der Waals surface area contributed by atoms with Gasteiger partial charge in [-0.15, -0.1) is 11.8 Å². The molecule has 116 valence electrons. The van der Waals surface area contributed by atoms with Crippen LogP contribution in [0.4, 0.5) is 4.79 Å². The van der Waals surface area contributed by atoms with Gasteiger partial charge in [0.1, 0.15) is 10.6 Å². The van der Waals surface area contributed by atoms with Crippen LogP contribution in [0.3, 0.4) is 0 Å². The summed E-state index contributed by atoms with van der Waals surface area (Å²) in [6.45, 7) is 6.40. The number of rotatable bonds is 3. The van der Waals surface area contributed by atoms with Crippen molar-refractivity contribution in [2.45, 2.75) is 50.3 Å². The quantitative estimate of drug-likeness (QED) is 0.481. The highest BCUT2D eigenvalue weighted by molar-refractivity contribution is 7.99. The van der Waals surface area contributed by atoms with Crippen LogP contribution >= 0.6 is 23.4 Å². The molecule has 1 fully saturated rings. The molecule has 7 heteroatoms. The normalized spacial score (nSPS) is 18.9. The second kappa shape index (κ2) is 6.83. The third-order valence-corrected chi connectivity index (χ3v) is 4.29. The Balaban J connectivity index is 1.91. The van der Waals surface area contributed by atoms with Crippen molar-refractivity contribution in [3.8, 4) is 0 Å². The van der Waals surface area contributed by atoms with Crippen LogP contribution in [0.5, 0.6) is 0 Å². The van der Waals surface area contributed by atoms with E-state index in [0.717, 1.165) is 30.2 Å². The highest BCUT2D eigenvalue weighted by Crippen LogP contribution is 2.26. The van der Waals surface area contributed by atoms with Gasteiger partial charge in [-0.05, 0) is 51.3 Å². The monoisotopic (exact) mass is 329 g/mol. The molecule has 1 saturated heterocycles. The molecule has 1 aromatic heterocycles. The highest BCUT2D eigenvalue weighted by atomic mass is 35.5. The fourth-order valence-corrected chi connectivity index (χ4v) is 3.37. The molecule has 0 aromatic carbocycles. The van der Waals surface area contributed by atoms with Gasteiger partial charge in [0, 0.05) is 24.5 Å². The van der Waals surface area contributed by atoms with E-state index in [9.17, 15) is 4.79 Å². The number of hydrogen-bond acceptors (Lipinski definition) is 5. The van der Waals surface area contributed by atoms with E-state index in [-0.39, 0.29) is 17.4 Å². The zero-order valence-electron chi connectivity index (χ0n) is 12.5. The summed E-state index contributed by atoms with van der Waals surface area (Å²) < 4.78 is 5.45. The fraction of sp³-hybridized carbons (Fsp3) is 0.643. The third-order valence-electron chi connectivity index (χ3n) is 3.03. The first-order valence-corrected chi connectivity index (χ1v) is 8.32. The van der Waals surface area contributed by atoms with Crippen LogP contribution < -0.4 is 0 Å². The average Bonchev–Trinajstić information content (AvgIpc) is 2.83. The SMILES string of the molecule is CC(C)(C)OC(=O)N1CCC[C@H]1CSc1ccnc(Cl)n1. The Morgan fingerprint density at radius 2 is 2.33 bits per heavy atom. The van der Waals surface area contributed by atoms with E-state index in [1.165, 1.54) is 0 Å². The fourth-order valence-electron chi connectivity index (χ4n) is 2.15. The molecule has 0 bridgehead atoms. The Hall–Kier alpha value is -1.01. The molecule has 5 nitrogen and oxygen atoms in total. The molecule has 1 aliphatic rings. The second-order valence-corrected chi connectivity index (χ2v) is 7.32. The standard InChI is InChI=1S/C14H20ClN3O2S/c1-14(2,3)20-13(19)18-8-4-5-10(18)9-21-11-6-7-16-12(15)17-11/h6-7,10H,4-5,8-9H2,1-3H3/t10-/m0/s1. The van der Waals surface area contributed by atoms with Crippen molar-refractivity contribution in [1.82, 2.24) is 14.9 Å². The van der Waals surface area contributed by atoms with Gasteiger partial charge in [0.25, 0.3) is 0 Å². The number of thioether (sulfide) groups is 1. The number of amides is 1. The van der Waals surface area contributed by atoms with E-state index in [1.54, 1.807) is 18.0 Å². The lowest BCUT2D eigenvalue weighted by Gasteiger charge is -2.28. The topological polar surface area (TPSA) is 55.3 Å². The number of nitrogens with zero attached hydrogens (tertiary/aromatic N) is 3. The molecule has 1 aliphatic heterocycles. The first kappa shape index (κ1) is 16.4. The van der Waals surface area contributed by atoms with Gasteiger partial charge in [-0.1, -0.05) is 0 Å². The number of halogens is 1. The first-order valence-electron chi connectivity index (χ1n) is 6.96. The van der Waals surface area contributed by atoms with Crippen molar-refractivity contribution in [2.75, 3.05) is 12.3 Å². The summed E-state index contributed by atoms with van der Waals surface area (Å²) in [5.74, 6) is 0.784. The number of carbonyl (C=O) groups excluding carboxylic acids is 1. The molecule has 2 heterocycles. The Morgan fingerprint density at radius 3 is 3.00 bits per heavy atom. The molecule has 0 N–H and O–H groups in total. The van der Waals surface area contributed by atoms with Crippen LogP contribution in [0.2, 0.25) is 5.28 Å². The average molecular weight is 330 g/mol. The summed E-state index contributed by atoms with van der Waals surface area (Å²) in [6, 6.07) is 2.00. The third kappa shape index (κ3) is 5.04. The second-order valence-electron chi connectivity index (χ2n) is 5.94. The molecule has 0 aliphatic carbocycles. The highest BCUT2D eigenvalue weighted by Gasteiger charge is 2.32. The lowest BCUT2D eigenvalue weighted by atomic mass is 10.2. The van der Waals surface area contributed by atoms with Crippen molar-refractivity contribution >= 4 is 29.5 Å². The van der Waals surface area contributed by atoms with Gasteiger partial charge in [-0.3, -0.25) is 0 Å². The lowest BCUT2D eigenvalue weighted by molar-refractivity contribution is 0.0242. The van der Waals surface area contributed by atoms with E-state index in [2.05, 4.69) is 9.97 Å². The predicted octanol–water partition coefficient (Wildman–Crippen LogP) is 3.62. The zero-order valence-corrected chi connectivity index (χ0v) is 14.1. The van der Waals surface area contributed by atoms with Gasteiger partial charge < -0.3 is 9.64 Å². The van der Waals surface area contributed by atoms with Gasteiger partial charge in [0.2, 0.25) is 5.28 Å². The largest absolute Gasteiger partial charge is 0.444 e. The smallest absolute Gasteiger partial charge is 0.410 e. The van der Waals surface area contributed by atoms with Gasteiger partial charge in [-0.25, -0.2) is 14.8 Å². The van der Waals surface area contributed by atoms with Gasteiger partial charge in [-0.2, -0.15) is 0 Å². The number of aromatic nitrogens is 2. The molecule has 1 aromatic rings. The van der Waals surface area contributed by atoms with E-state index >= 15 is 0 Å². The zero-order chi connectivity index (χ0) is 15.5. The van der Waals surface area contributed by atoms with Crippen LogP contribution in [-0.2, 0) is 4.74 Å². The van der Waals surface area contributed by atoms with Crippen molar-refractivity contribution < 1.29 is 9.53 Å². The Bertz CT molecular complexity index is 507. The van der Waals surface area contributed by atoms with Crippen LogP contribution in [0, 0.1) is 0 Å². The molecular formula is C14H20ClN3O2S. The Labute approximate surface area is 134 Å². The van der Waals surface area contributed by atoms with Crippen LogP contribution in [0.15, 0.2) is 17.3 Å². The Morgan fingerprint density at radius 1 is 1.57 bits per heavy atom. The van der Waals surface area contributed by atoms with Crippen molar-refractivity contribution in [3.05, 3.63) is 17.5 Å². The van der Waals surface area contributed by atoms with Crippen molar-refractivity contribution in [1.29, 1.82) is 0 Å². The Kier molecular flexibility index (Phi) is 5.32. The van der Waals surface area contributed by atoms with Gasteiger partial charge in [0.05, 0.1) is 0 Å². The molecular weight excluding hydrogens is 310 g/mol. The van der Waals surface area contributed by atoms with Crippen molar-refractivity contribution in [3.63, 3.8) is 0 Å². The summed E-state index contributed by atoms with van der Waals surface area (Å²) in [5.41, 5.74) is -0.461. The predicted molar refractivity (Wildman–Crippen MR) is 83.7 cm³/mol. The van der Waals surface area contributed by atoms with Gasteiger partial charge >= 0.3 is 6.09 Å². The molecule has 2 rings (SSSR count). The van der Waals surface area contributed by atoms with E-state index in [0.29, 0.717) is 0 Å². The number of likely N-dealkylation sites (tertiary alicyclic amines) is 1. The van der Waals surface area contributed by atoms with Crippen LogP contribution in [0.1, 0.15) is 33.6 Å². The number of ether oxygens (including phenoxy) is 1. The minimum absolute atomic E-state index is 0.179. The summed E-state index contributed by atoms with van der Waals surface area (Å²) in [7, 11) is 0. The van der Waals surface area contributed by atoms with E-state index in [1.807, 2.05) is 31.7 Å². The maximum absolute atomic E-state index is 12.2. The van der Waals surface area contributed by atoms with E-state index < -0.39 is 5.60 Å². The van der Waals surface area contributed by atoms with Crippen LogP contribution in [0.25, 0.3) is 0 Å². The summed E-state index contributed by atoms with van der Waals surface area (Å²) in [5, 5.41) is 1.07. The molecule has 0 radical (unpaired) electrons. The maximum atomic E-state index is 12.2. The molecule has 0 saturated carbocycles. The molecule has 1 amide bonds. The summed E-state index contributed by atoms with van der Waals surface area (Å²) in [6.07, 6.45) is 3.41. The van der Waals surface area contributed by atoms with Crippen molar-refractivity contribution in [2.24, 2.45) is 0 Å². The lowest BCUT2D eigenvalue weighted by Crippen LogP contribution is -2.40. The number of carbonyl (C=O) groups is 1. The minimum Gasteiger partial charge on any atom is -0.444 e. The van der Waals surface area contributed by atoms with E-state index in [4.69, 9.17) is 16.3 Å². The van der Waals surface area contributed by atoms with Crippen LogP contribution in [-0.4, -0.2) is 44.9 Å². The molecule has 0 spiro atoms.